The third-order valence-corrected chi connectivity index (χ3v) is 5.12. The second-order valence-corrected chi connectivity index (χ2v) is 6.53. The van der Waals surface area contributed by atoms with E-state index >= 15 is 0 Å². The fraction of sp³-hybridized carbons (Fsp3) is 0.667. The first-order valence-corrected chi connectivity index (χ1v) is 8.17. The molecule has 2 aliphatic carbocycles. The van der Waals surface area contributed by atoms with Gasteiger partial charge in [0.1, 0.15) is 0 Å². The van der Waals surface area contributed by atoms with E-state index in [-0.39, 0.29) is 0 Å². The smallest absolute Gasteiger partial charge is 0.0104 e. The van der Waals surface area contributed by atoms with Gasteiger partial charge in [0.15, 0.2) is 0 Å². The van der Waals surface area contributed by atoms with Crippen molar-refractivity contribution in [3.05, 3.63) is 35.4 Å². The molecular formula is C18H27N. The van der Waals surface area contributed by atoms with Gasteiger partial charge in [-0.1, -0.05) is 50.5 Å². The molecule has 0 aliphatic heterocycles. The number of nitrogens with one attached hydrogen (secondary N) is 1. The first-order chi connectivity index (χ1) is 9.36. The molecule has 1 N–H and O–H groups in total. The molecule has 0 bridgehead atoms. The summed E-state index contributed by atoms with van der Waals surface area (Å²) in [5, 5.41) is 3.85. The molecule has 1 aromatic carbocycles. The van der Waals surface area contributed by atoms with E-state index in [1.807, 2.05) is 0 Å². The lowest BCUT2D eigenvalue weighted by molar-refractivity contribution is 0.224. The zero-order chi connectivity index (χ0) is 13.1. The van der Waals surface area contributed by atoms with Crippen LogP contribution in [0.2, 0.25) is 0 Å². The number of hydrogen-bond donors (Lipinski definition) is 1. The van der Waals surface area contributed by atoms with Crippen molar-refractivity contribution in [2.45, 2.75) is 57.9 Å². The quantitative estimate of drug-likeness (QED) is 0.813. The van der Waals surface area contributed by atoms with Gasteiger partial charge < -0.3 is 5.32 Å². The molecule has 19 heavy (non-hydrogen) atoms. The van der Waals surface area contributed by atoms with Crippen molar-refractivity contribution in [3.8, 4) is 0 Å². The predicted molar refractivity (Wildman–Crippen MR) is 81.4 cm³/mol. The first-order valence-electron chi connectivity index (χ1n) is 8.17. The Morgan fingerprint density at radius 3 is 2.37 bits per heavy atom. The van der Waals surface area contributed by atoms with Crippen molar-refractivity contribution >= 4 is 0 Å². The molecule has 0 saturated heterocycles. The van der Waals surface area contributed by atoms with E-state index < -0.39 is 0 Å². The molecular weight excluding hydrogens is 230 g/mol. The Morgan fingerprint density at radius 2 is 1.84 bits per heavy atom. The van der Waals surface area contributed by atoms with Crippen LogP contribution < -0.4 is 5.32 Å². The molecule has 2 aliphatic rings. The Morgan fingerprint density at radius 1 is 1.16 bits per heavy atom. The summed E-state index contributed by atoms with van der Waals surface area (Å²) in [6, 6.07) is 9.80. The normalized spacial score (nSPS) is 21.1. The van der Waals surface area contributed by atoms with E-state index in [4.69, 9.17) is 0 Å². The van der Waals surface area contributed by atoms with Crippen LogP contribution in [0.4, 0.5) is 0 Å². The maximum atomic E-state index is 3.85. The summed E-state index contributed by atoms with van der Waals surface area (Å²) >= 11 is 0. The fourth-order valence-electron chi connectivity index (χ4n) is 3.74. The minimum atomic E-state index is 0.748. The molecule has 1 unspecified atom stereocenters. The van der Waals surface area contributed by atoms with Crippen molar-refractivity contribution in [1.29, 1.82) is 0 Å². The van der Waals surface area contributed by atoms with Crippen LogP contribution in [0.3, 0.4) is 0 Å². The molecule has 1 heteroatoms. The lowest BCUT2D eigenvalue weighted by Crippen LogP contribution is -2.39. The van der Waals surface area contributed by atoms with Gasteiger partial charge in [-0.05, 0) is 55.2 Å². The molecule has 0 aromatic heterocycles. The molecule has 1 fully saturated rings. The van der Waals surface area contributed by atoms with Gasteiger partial charge >= 0.3 is 0 Å². The number of rotatable bonds is 6. The largest absolute Gasteiger partial charge is 0.314 e. The van der Waals surface area contributed by atoms with Crippen LogP contribution in [0, 0.1) is 11.8 Å². The topological polar surface area (TPSA) is 12.0 Å². The minimum Gasteiger partial charge on any atom is -0.314 e. The monoisotopic (exact) mass is 257 g/mol. The fourth-order valence-corrected chi connectivity index (χ4v) is 3.74. The van der Waals surface area contributed by atoms with Gasteiger partial charge in [-0.15, -0.1) is 0 Å². The van der Waals surface area contributed by atoms with E-state index in [1.165, 1.54) is 51.5 Å². The van der Waals surface area contributed by atoms with Crippen LogP contribution in [0.15, 0.2) is 24.3 Å². The Bertz CT molecular complexity index is 383. The highest BCUT2D eigenvalue weighted by Crippen LogP contribution is 2.36. The number of hydrogen-bond acceptors (Lipinski definition) is 1. The second-order valence-electron chi connectivity index (χ2n) is 6.53. The van der Waals surface area contributed by atoms with Crippen molar-refractivity contribution in [2.24, 2.45) is 11.8 Å². The van der Waals surface area contributed by atoms with Crippen molar-refractivity contribution in [1.82, 2.24) is 5.32 Å². The van der Waals surface area contributed by atoms with Crippen molar-refractivity contribution < 1.29 is 0 Å². The highest BCUT2D eigenvalue weighted by Gasteiger charge is 2.31. The van der Waals surface area contributed by atoms with Gasteiger partial charge in [0, 0.05) is 6.04 Å². The van der Waals surface area contributed by atoms with Gasteiger partial charge in [0.2, 0.25) is 0 Å². The molecule has 0 heterocycles. The highest BCUT2D eigenvalue weighted by molar-refractivity contribution is 5.32. The Labute approximate surface area is 117 Å². The average Bonchev–Trinajstić information content (AvgIpc) is 2.80. The van der Waals surface area contributed by atoms with Gasteiger partial charge in [-0.2, -0.15) is 0 Å². The molecule has 1 nitrogen and oxygen atoms in total. The standard InChI is InChI=1S/C18H27N/c1-2-10-19-18(11-14-6-5-7-14)17-12-15-8-3-4-9-16(15)13-17/h3-4,8-9,14,17-19H,2,5-7,10-13H2,1H3. The van der Waals surface area contributed by atoms with Gasteiger partial charge in [-0.3, -0.25) is 0 Å². The molecule has 0 spiro atoms. The number of benzene rings is 1. The summed E-state index contributed by atoms with van der Waals surface area (Å²) in [7, 11) is 0. The van der Waals surface area contributed by atoms with Gasteiger partial charge in [0.05, 0.1) is 0 Å². The molecule has 1 saturated carbocycles. The summed E-state index contributed by atoms with van der Waals surface area (Å²) < 4.78 is 0. The van der Waals surface area contributed by atoms with E-state index in [1.54, 1.807) is 11.1 Å². The first kappa shape index (κ1) is 13.2. The van der Waals surface area contributed by atoms with Crippen molar-refractivity contribution in [2.75, 3.05) is 6.54 Å². The van der Waals surface area contributed by atoms with Crippen LogP contribution in [0.1, 0.15) is 50.2 Å². The average molecular weight is 257 g/mol. The third kappa shape index (κ3) is 3.02. The SMILES string of the molecule is CCCNC(CC1CCC1)C1Cc2ccccc2C1. The van der Waals surface area contributed by atoms with E-state index in [0.717, 1.165) is 17.9 Å². The Hall–Kier alpha value is -0.820. The summed E-state index contributed by atoms with van der Waals surface area (Å²) in [5.74, 6) is 1.85. The van der Waals surface area contributed by atoms with E-state index in [0.29, 0.717) is 0 Å². The maximum absolute atomic E-state index is 3.85. The summed E-state index contributed by atoms with van der Waals surface area (Å²) in [6.07, 6.45) is 9.68. The molecule has 0 amide bonds. The van der Waals surface area contributed by atoms with E-state index in [2.05, 4.69) is 36.5 Å². The number of fused-ring (bicyclic) bond motifs is 1. The highest BCUT2D eigenvalue weighted by atomic mass is 14.9. The van der Waals surface area contributed by atoms with Gasteiger partial charge in [-0.25, -0.2) is 0 Å². The van der Waals surface area contributed by atoms with Crippen LogP contribution >= 0.6 is 0 Å². The maximum Gasteiger partial charge on any atom is 0.0104 e. The molecule has 0 radical (unpaired) electrons. The summed E-state index contributed by atoms with van der Waals surface area (Å²) in [5.41, 5.74) is 3.20. The third-order valence-electron chi connectivity index (χ3n) is 5.12. The predicted octanol–water partition coefficient (Wildman–Crippen LogP) is 3.96. The molecule has 3 rings (SSSR count). The molecule has 1 atom stereocenters. The Balaban J connectivity index is 1.63. The summed E-state index contributed by atoms with van der Waals surface area (Å²) in [4.78, 5) is 0. The van der Waals surface area contributed by atoms with Crippen LogP contribution in [-0.4, -0.2) is 12.6 Å². The molecule has 1 aromatic rings. The zero-order valence-corrected chi connectivity index (χ0v) is 12.2. The second kappa shape index (κ2) is 6.09. The molecule has 104 valence electrons. The van der Waals surface area contributed by atoms with Crippen LogP contribution in [-0.2, 0) is 12.8 Å². The van der Waals surface area contributed by atoms with Crippen LogP contribution in [0.25, 0.3) is 0 Å². The van der Waals surface area contributed by atoms with Crippen LogP contribution in [0.5, 0.6) is 0 Å². The lowest BCUT2D eigenvalue weighted by atomic mass is 9.77. The zero-order valence-electron chi connectivity index (χ0n) is 12.2. The summed E-state index contributed by atoms with van der Waals surface area (Å²) in [6.45, 7) is 3.46. The minimum absolute atomic E-state index is 0.748. The van der Waals surface area contributed by atoms with Gasteiger partial charge in [0.25, 0.3) is 0 Å². The lowest BCUT2D eigenvalue weighted by Gasteiger charge is -2.33. The van der Waals surface area contributed by atoms with E-state index in [9.17, 15) is 0 Å². The van der Waals surface area contributed by atoms with Crippen molar-refractivity contribution in [3.63, 3.8) is 0 Å². The Kier molecular flexibility index (Phi) is 4.22.